The molecule has 0 unspecified atom stereocenters. The number of aryl methyl sites for hydroxylation is 1. The summed E-state index contributed by atoms with van der Waals surface area (Å²) in [6, 6.07) is 3.18. The van der Waals surface area contributed by atoms with E-state index in [4.69, 9.17) is 11.6 Å². The number of hydrogen-bond acceptors (Lipinski definition) is 2. The smallest absolute Gasteiger partial charge is 0.267 e. The van der Waals surface area contributed by atoms with Crippen molar-refractivity contribution >= 4 is 11.6 Å². The molecule has 0 saturated carbocycles. The molecular formula is C11H10ClF2N3. The molecule has 0 aliphatic rings. The third-order valence-corrected chi connectivity index (χ3v) is 2.57. The molecule has 90 valence electrons. The lowest BCUT2D eigenvalue weighted by molar-refractivity contribution is 0.152. The van der Waals surface area contributed by atoms with Gasteiger partial charge in [-0.15, -0.1) is 0 Å². The monoisotopic (exact) mass is 257 g/mol. The predicted octanol–water partition coefficient (Wildman–Crippen LogP) is 3.56. The van der Waals surface area contributed by atoms with Crippen LogP contribution in [0.5, 0.6) is 0 Å². The summed E-state index contributed by atoms with van der Waals surface area (Å²) < 4.78 is 27.2. The minimum Gasteiger partial charge on any atom is -0.272 e. The van der Waals surface area contributed by atoms with Crippen molar-refractivity contribution in [2.24, 2.45) is 0 Å². The van der Waals surface area contributed by atoms with Crippen LogP contribution in [0.3, 0.4) is 0 Å². The van der Waals surface area contributed by atoms with Crippen LogP contribution < -0.4 is 0 Å². The minimum absolute atomic E-state index is 0.0871. The first kappa shape index (κ1) is 12.0. The Balaban J connectivity index is 2.49. The Morgan fingerprint density at radius 1 is 1.41 bits per heavy atom. The molecule has 0 atom stereocenters. The Morgan fingerprint density at radius 3 is 2.71 bits per heavy atom. The van der Waals surface area contributed by atoms with Gasteiger partial charge < -0.3 is 0 Å². The van der Waals surface area contributed by atoms with E-state index in [1.807, 2.05) is 6.92 Å². The summed E-state index contributed by atoms with van der Waals surface area (Å²) in [5, 5.41) is 4.42. The van der Waals surface area contributed by atoms with E-state index in [0.29, 0.717) is 17.3 Å². The Labute approximate surface area is 102 Å². The van der Waals surface area contributed by atoms with Gasteiger partial charge in [0.2, 0.25) is 0 Å². The van der Waals surface area contributed by atoms with E-state index >= 15 is 0 Å². The second kappa shape index (κ2) is 4.79. The van der Waals surface area contributed by atoms with Crippen LogP contribution in [0.1, 0.15) is 18.9 Å². The zero-order valence-electron chi connectivity index (χ0n) is 9.07. The Kier molecular flexibility index (Phi) is 3.38. The van der Waals surface area contributed by atoms with Crippen LogP contribution in [-0.2, 0) is 6.54 Å². The SMILES string of the molecule is CCn1cc(C(F)F)c(-c2ccc(Cl)nc2)n1. The number of nitrogens with zero attached hydrogens (tertiary/aromatic N) is 3. The maximum atomic E-state index is 12.8. The number of pyridine rings is 1. The summed E-state index contributed by atoms with van der Waals surface area (Å²) in [6.07, 6.45) is 0.242. The molecule has 2 rings (SSSR count). The van der Waals surface area contributed by atoms with Crippen LogP contribution in [0.4, 0.5) is 8.78 Å². The molecule has 2 heterocycles. The average Bonchev–Trinajstić information content (AvgIpc) is 2.74. The molecule has 17 heavy (non-hydrogen) atoms. The fourth-order valence-electron chi connectivity index (χ4n) is 1.50. The summed E-state index contributed by atoms with van der Waals surface area (Å²) in [4.78, 5) is 3.86. The second-order valence-electron chi connectivity index (χ2n) is 3.46. The fourth-order valence-corrected chi connectivity index (χ4v) is 1.61. The van der Waals surface area contributed by atoms with Crippen LogP contribution in [-0.4, -0.2) is 14.8 Å². The second-order valence-corrected chi connectivity index (χ2v) is 3.85. The molecule has 0 saturated heterocycles. The minimum atomic E-state index is -2.55. The molecule has 0 aromatic carbocycles. The van der Waals surface area contributed by atoms with E-state index in [-0.39, 0.29) is 11.3 Å². The molecule has 0 aliphatic carbocycles. The van der Waals surface area contributed by atoms with Gasteiger partial charge >= 0.3 is 0 Å². The van der Waals surface area contributed by atoms with Crippen molar-refractivity contribution in [1.29, 1.82) is 0 Å². The van der Waals surface area contributed by atoms with E-state index < -0.39 is 6.43 Å². The highest BCUT2D eigenvalue weighted by Crippen LogP contribution is 2.29. The summed E-state index contributed by atoms with van der Waals surface area (Å²) in [6.45, 7) is 2.38. The van der Waals surface area contributed by atoms with Gasteiger partial charge in [0.05, 0.1) is 5.56 Å². The molecule has 6 heteroatoms. The van der Waals surface area contributed by atoms with Gasteiger partial charge in [0, 0.05) is 24.5 Å². The lowest BCUT2D eigenvalue weighted by Crippen LogP contribution is -1.93. The first-order valence-corrected chi connectivity index (χ1v) is 5.47. The lowest BCUT2D eigenvalue weighted by Gasteiger charge is -2.00. The molecule has 0 N–H and O–H groups in total. The Bertz CT molecular complexity index is 508. The molecular weight excluding hydrogens is 248 g/mol. The van der Waals surface area contributed by atoms with E-state index in [0.717, 1.165) is 0 Å². The van der Waals surface area contributed by atoms with Crippen molar-refractivity contribution in [3.63, 3.8) is 0 Å². The van der Waals surface area contributed by atoms with Crippen molar-refractivity contribution in [3.05, 3.63) is 35.2 Å². The maximum Gasteiger partial charge on any atom is 0.267 e. The zero-order chi connectivity index (χ0) is 12.4. The Morgan fingerprint density at radius 2 is 2.18 bits per heavy atom. The third kappa shape index (κ3) is 2.44. The van der Waals surface area contributed by atoms with Crippen LogP contribution >= 0.6 is 11.6 Å². The van der Waals surface area contributed by atoms with E-state index in [2.05, 4.69) is 10.1 Å². The summed E-state index contributed by atoms with van der Waals surface area (Å²) >= 11 is 5.65. The number of halogens is 3. The van der Waals surface area contributed by atoms with E-state index in [1.165, 1.54) is 17.1 Å². The predicted molar refractivity (Wildman–Crippen MR) is 61.1 cm³/mol. The maximum absolute atomic E-state index is 12.8. The van der Waals surface area contributed by atoms with Crippen molar-refractivity contribution in [3.8, 4) is 11.3 Å². The van der Waals surface area contributed by atoms with Gasteiger partial charge in [-0.25, -0.2) is 13.8 Å². The number of aromatic nitrogens is 3. The normalized spacial score (nSPS) is 11.1. The van der Waals surface area contributed by atoms with Crippen LogP contribution in [0.2, 0.25) is 5.15 Å². The highest BCUT2D eigenvalue weighted by molar-refractivity contribution is 6.29. The molecule has 2 aromatic rings. The van der Waals surface area contributed by atoms with Gasteiger partial charge in [0.25, 0.3) is 6.43 Å². The van der Waals surface area contributed by atoms with Gasteiger partial charge in [-0.2, -0.15) is 5.10 Å². The Hall–Kier alpha value is -1.49. The molecule has 2 aromatic heterocycles. The number of alkyl halides is 2. The van der Waals surface area contributed by atoms with Gasteiger partial charge in [-0.3, -0.25) is 4.68 Å². The molecule has 0 spiro atoms. The largest absolute Gasteiger partial charge is 0.272 e. The van der Waals surface area contributed by atoms with Gasteiger partial charge in [-0.1, -0.05) is 11.6 Å². The number of hydrogen-bond donors (Lipinski definition) is 0. The standard InChI is InChI=1S/C11H10ClF2N3/c1-2-17-6-8(11(13)14)10(16-17)7-3-4-9(12)15-5-7/h3-6,11H,2H2,1H3. The van der Waals surface area contributed by atoms with Crippen LogP contribution in [0.25, 0.3) is 11.3 Å². The molecule has 0 aliphatic heterocycles. The van der Waals surface area contributed by atoms with E-state index in [1.54, 1.807) is 12.1 Å². The summed E-state index contributed by atoms with van der Waals surface area (Å²) in [5.74, 6) is 0. The highest BCUT2D eigenvalue weighted by Gasteiger charge is 2.18. The third-order valence-electron chi connectivity index (χ3n) is 2.35. The summed E-state index contributed by atoms with van der Waals surface area (Å²) in [5.41, 5.74) is 0.707. The fraction of sp³-hybridized carbons (Fsp3) is 0.273. The van der Waals surface area contributed by atoms with Crippen molar-refractivity contribution in [1.82, 2.24) is 14.8 Å². The van der Waals surface area contributed by atoms with Crippen molar-refractivity contribution in [2.45, 2.75) is 19.9 Å². The first-order chi connectivity index (χ1) is 8.11. The zero-order valence-corrected chi connectivity index (χ0v) is 9.83. The molecule has 0 fully saturated rings. The van der Waals surface area contributed by atoms with Crippen LogP contribution in [0.15, 0.2) is 24.5 Å². The van der Waals surface area contributed by atoms with Crippen LogP contribution in [0, 0.1) is 0 Å². The summed E-state index contributed by atoms with van der Waals surface area (Å²) in [7, 11) is 0. The molecule has 0 radical (unpaired) electrons. The quantitative estimate of drug-likeness (QED) is 0.787. The highest BCUT2D eigenvalue weighted by atomic mass is 35.5. The van der Waals surface area contributed by atoms with Crippen molar-refractivity contribution < 1.29 is 8.78 Å². The molecule has 3 nitrogen and oxygen atoms in total. The molecule has 0 bridgehead atoms. The van der Waals surface area contributed by atoms with Gasteiger partial charge in [0.15, 0.2) is 0 Å². The number of rotatable bonds is 3. The van der Waals surface area contributed by atoms with Gasteiger partial charge in [-0.05, 0) is 19.1 Å². The molecule has 0 amide bonds. The topological polar surface area (TPSA) is 30.7 Å². The lowest BCUT2D eigenvalue weighted by atomic mass is 10.1. The average molecular weight is 258 g/mol. The van der Waals surface area contributed by atoms with Gasteiger partial charge in [0.1, 0.15) is 10.8 Å². The van der Waals surface area contributed by atoms with Crippen molar-refractivity contribution in [2.75, 3.05) is 0 Å². The van der Waals surface area contributed by atoms with E-state index in [9.17, 15) is 8.78 Å². The first-order valence-electron chi connectivity index (χ1n) is 5.09.